The van der Waals surface area contributed by atoms with E-state index < -0.39 is 23.2 Å². The van der Waals surface area contributed by atoms with Crippen LogP contribution in [0, 0.1) is 12.8 Å². The molecule has 1 saturated carbocycles. The summed E-state index contributed by atoms with van der Waals surface area (Å²) in [7, 11) is 0. The molecular formula is C32H45N5O4. The number of urea groups is 1. The fraction of sp³-hybridized carbons (Fsp3) is 0.656. The fourth-order valence-corrected chi connectivity index (χ4v) is 6.75. The van der Waals surface area contributed by atoms with Crippen LogP contribution in [-0.4, -0.2) is 69.0 Å². The number of carbonyl (C=O) groups is 2. The van der Waals surface area contributed by atoms with Gasteiger partial charge in [0, 0.05) is 64.1 Å². The minimum absolute atomic E-state index is 0.0946. The molecule has 2 aromatic rings. The number of aromatic nitrogens is 2. The average molecular weight is 566 g/mol. The smallest absolute Gasteiger partial charge is 0.410 e. The Labute approximate surface area is 246 Å². The molecule has 3 fully saturated rings. The Morgan fingerprint density at radius 1 is 1.15 bits per heavy atom. The van der Waals surface area contributed by atoms with Crippen molar-refractivity contribution in [2.75, 3.05) is 26.1 Å². The lowest BCUT2D eigenvalue weighted by Gasteiger charge is -2.46. The Morgan fingerprint density at radius 3 is 2.51 bits per heavy atom. The van der Waals surface area contributed by atoms with Crippen molar-refractivity contribution in [2.24, 2.45) is 5.92 Å². The maximum atomic E-state index is 13.0. The maximum Gasteiger partial charge on any atom is 0.410 e. The summed E-state index contributed by atoms with van der Waals surface area (Å²) < 4.78 is 31.2. The second-order valence-electron chi connectivity index (χ2n) is 13.8. The monoisotopic (exact) mass is 565 g/mol. The normalized spacial score (nSPS) is 24.0. The molecule has 4 aliphatic rings. The lowest BCUT2D eigenvalue weighted by atomic mass is 9.79. The van der Waals surface area contributed by atoms with Crippen LogP contribution in [0.25, 0.3) is 11.3 Å². The van der Waals surface area contributed by atoms with Gasteiger partial charge in [0.15, 0.2) is 0 Å². The van der Waals surface area contributed by atoms with Crippen molar-refractivity contribution in [1.29, 1.82) is 0 Å². The van der Waals surface area contributed by atoms with Gasteiger partial charge in [-0.1, -0.05) is 12.1 Å². The average Bonchev–Trinajstić information content (AvgIpc) is 3.71. The van der Waals surface area contributed by atoms with E-state index in [9.17, 15) is 9.59 Å². The molecule has 9 nitrogen and oxygen atoms in total. The first kappa shape index (κ1) is 25.5. The van der Waals surface area contributed by atoms with Gasteiger partial charge in [0.2, 0.25) is 0 Å². The SMILES string of the molecule is [2H]C([2H])(NC(=O)N1CCC2(CC1)Oc1ccccc1-c1nn([C@@H]3CCN(C(=O)OC(C)(C)C)C(C)(C)C3)c(C)c12)C1CC1. The third kappa shape index (κ3) is 5.28. The van der Waals surface area contributed by atoms with Crippen LogP contribution in [0.4, 0.5) is 9.59 Å². The molecule has 9 heteroatoms. The molecule has 0 unspecified atom stereocenters. The lowest BCUT2D eigenvalue weighted by molar-refractivity contribution is -0.0145. The Hall–Kier alpha value is -3.23. The summed E-state index contributed by atoms with van der Waals surface area (Å²) in [5.41, 5.74) is 2.42. The Morgan fingerprint density at radius 2 is 1.85 bits per heavy atom. The molecule has 1 spiro atoms. The highest BCUT2D eigenvalue weighted by Gasteiger charge is 2.49. The first-order valence-corrected chi connectivity index (χ1v) is 15.1. The molecule has 41 heavy (non-hydrogen) atoms. The molecule has 0 radical (unpaired) electrons. The zero-order valence-electron chi connectivity index (χ0n) is 27.2. The van der Waals surface area contributed by atoms with Crippen LogP contribution in [0.15, 0.2) is 24.3 Å². The van der Waals surface area contributed by atoms with E-state index in [0.717, 1.165) is 53.9 Å². The van der Waals surface area contributed by atoms with Crippen molar-refractivity contribution in [1.82, 2.24) is 24.9 Å². The van der Waals surface area contributed by atoms with Gasteiger partial charge in [-0.25, -0.2) is 9.59 Å². The number of likely N-dealkylation sites (tertiary alicyclic amines) is 2. The van der Waals surface area contributed by atoms with E-state index in [1.54, 1.807) is 4.90 Å². The van der Waals surface area contributed by atoms with Crippen LogP contribution in [0.5, 0.6) is 5.75 Å². The summed E-state index contributed by atoms with van der Waals surface area (Å²) in [4.78, 5) is 29.6. The van der Waals surface area contributed by atoms with E-state index in [2.05, 4.69) is 36.8 Å². The number of hydrogen-bond donors (Lipinski definition) is 1. The molecule has 1 atom stereocenters. The van der Waals surface area contributed by atoms with Gasteiger partial charge >= 0.3 is 12.1 Å². The standard InChI is InChI=1S/C32H45N5O4/c1-21-26-27(34-37(21)23-13-16-36(31(5,6)19-23)29(39)41-30(2,3)4)24-9-7-8-10-25(24)40-32(26)14-17-35(18-15-32)28(38)33-20-22-11-12-22/h7-10,22-23H,11-20H2,1-6H3,(H,33,38)/t23-/m1/s1/i20D2. The van der Waals surface area contributed by atoms with E-state index in [4.69, 9.17) is 17.3 Å². The summed E-state index contributed by atoms with van der Waals surface area (Å²) in [6, 6.07) is 7.75. The Bertz CT molecular complexity index is 1420. The molecule has 222 valence electrons. The quantitative estimate of drug-likeness (QED) is 0.492. The van der Waals surface area contributed by atoms with E-state index in [1.807, 2.05) is 43.9 Å². The van der Waals surface area contributed by atoms with Gasteiger partial charge in [-0.15, -0.1) is 0 Å². The maximum absolute atomic E-state index is 13.0. The van der Waals surface area contributed by atoms with Gasteiger partial charge < -0.3 is 24.6 Å². The van der Waals surface area contributed by atoms with Gasteiger partial charge in [0.1, 0.15) is 22.6 Å². The number of fused-ring (bicyclic) bond motifs is 4. The zero-order chi connectivity index (χ0) is 30.9. The summed E-state index contributed by atoms with van der Waals surface area (Å²) in [5, 5.41) is 7.88. The summed E-state index contributed by atoms with van der Waals surface area (Å²) in [6.07, 6.45) is 4.01. The summed E-state index contributed by atoms with van der Waals surface area (Å²) in [5.74, 6) is 0.700. The predicted molar refractivity (Wildman–Crippen MR) is 157 cm³/mol. The molecule has 0 bridgehead atoms. The highest BCUT2D eigenvalue weighted by Crippen LogP contribution is 2.51. The number of amides is 3. The number of para-hydroxylation sites is 1. The number of nitrogens with one attached hydrogen (secondary N) is 1. The van der Waals surface area contributed by atoms with E-state index in [-0.39, 0.29) is 24.1 Å². The number of nitrogens with zero attached hydrogens (tertiary/aromatic N) is 4. The first-order chi connectivity index (χ1) is 20.1. The van der Waals surface area contributed by atoms with Crippen LogP contribution >= 0.6 is 0 Å². The number of carbonyl (C=O) groups excluding carboxylic acids is 2. The highest BCUT2D eigenvalue weighted by atomic mass is 16.6. The second-order valence-corrected chi connectivity index (χ2v) is 13.8. The third-order valence-electron chi connectivity index (χ3n) is 8.98. The largest absolute Gasteiger partial charge is 0.482 e. The van der Waals surface area contributed by atoms with E-state index in [1.165, 1.54) is 0 Å². The van der Waals surface area contributed by atoms with Crippen LogP contribution in [0.3, 0.4) is 0 Å². The van der Waals surface area contributed by atoms with E-state index in [0.29, 0.717) is 32.5 Å². The Kier molecular flexibility index (Phi) is 6.18. The van der Waals surface area contributed by atoms with Gasteiger partial charge in [-0.05, 0) is 85.3 Å². The first-order valence-electron chi connectivity index (χ1n) is 16.1. The summed E-state index contributed by atoms with van der Waals surface area (Å²) >= 11 is 0. The number of hydrogen-bond acceptors (Lipinski definition) is 5. The number of piperidine rings is 2. The number of benzene rings is 1. The van der Waals surface area contributed by atoms with Crippen LogP contribution in [-0.2, 0) is 10.3 Å². The van der Waals surface area contributed by atoms with Gasteiger partial charge in [0.25, 0.3) is 0 Å². The van der Waals surface area contributed by atoms with Crippen LogP contribution in [0.1, 0.15) is 93.2 Å². The van der Waals surface area contributed by atoms with Crippen molar-refractivity contribution in [3.8, 4) is 17.0 Å². The summed E-state index contributed by atoms with van der Waals surface area (Å²) in [6.45, 7) is 11.8. The zero-order valence-corrected chi connectivity index (χ0v) is 25.2. The lowest BCUT2D eigenvalue weighted by Crippen LogP contribution is -2.54. The highest BCUT2D eigenvalue weighted by molar-refractivity contribution is 5.76. The Balaban J connectivity index is 1.26. The minimum Gasteiger partial charge on any atom is -0.482 e. The van der Waals surface area contributed by atoms with Gasteiger partial charge in [-0.2, -0.15) is 5.10 Å². The van der Waals surface area contributed by atoms with E-state index >= 15 is 0 Å². The molecule has 1 aliphatic carbocycles. The molecule has 3 aliphatic heterocycles. The predicted octanol–water partition coefficient (Wildman–Crippen LogP) is 6.01. The molecular weight excluding hydrogens is 518 g/mol. The molecule has 3 amide bonds. The number of ether oxygens (including phenoxy) is 2. The van der Waals surface area contributed by atoms with Gasteiger partial charge in [-0.3, -0.25) is 4.68 Å². The molecule has 1 aromatic heterocycles. The minimum atomic E-state index is -1.68. The van der Waals surface area contributed by atoms with Crippen molar-refractivity contribution in [3.63, 3.8) is 0 Å². The molecule has 6 rings (SSSR count). The van der Waals surface area contributed by atoms with Crippen LogP contribution < -0.4 is 10.1 Å². The van der Waals surface area contributed by atoms with Gasteiger partial charge in [0.05, 0.1) is 6.04 Å². The fourth-order valence-electron chi connectivity index (χ4n) is 6.75. The number of rotatable bonds is 3. The third-order valence-corrected chi connectivity index (χ3v) is 8.98. The van der Waals surface area contributed by atoms with Crippen molar-refractivity contribution in [3.05, 3.63) is 35.5 Å². The topological polar surface area (TPSA) is 88.9 Å². The second kappa shape index (κ2) is 9.95. The van der Waals surface area contributed by atoms with Crippen LogP contribution in [0.2, 0.25) is 0 Å². The molecule has 4 heterocycles. The molecule has 2 saturated heterocycles. The van der Waals surface area contributed by atoms with Crippen molar-refractivity contribution >= 4 is 12.1 Å². The molecule has 1 N–H and O–H groups in total. The van der Waals surface area contributed by atoms with Crippen molar-refractivity contribution < 1.29 is 21.8 Å². The molecule has 1 aromatic carbocycles. The van der Waals surface area contributed by atoms with Crippen molar-refractivity contribution in [2.45, 2.75) is 103 Å².